The van der Waals surface area contributed by atoms with E-state index in [1.54, 1.807) is 6.92 Å². The Morgan fingerprint density at radius 2 is 2.20 bits per heavy atom. The molecule has 1 heterocycles. The maximum Gasteiger partial charge on any atom is 0.142 e. The minimum Gasteiger partial charge on any atom is -0.545 e. The molecular weight excluding hydrogens is 134 g/mol. The first-order chi connectivity index (χ1) is 4.63. The third-order valence-corrected chi connectivity index (χ3v) is 1.24. The number of carboxylic acids is 1. The Balaban J connectivity index is 3.23. The van der Waals surface area contributed by atoms with Gasteiger partial charge >= 0.3 is 0 Å². The number of aryl methyl sites for hydroxylation is 2. The second-order valence-corrected chi connectivity index (χ2v) is 1.99. The first-order valence-electron chi connectivity index (χ1n) is 2.77. The van der Waals surface area contributed by atoms with Crippen LogP contribution in [0.5, 0.6) is 0 Å². The number of rotatable bonds is 1. The standard InChI is InChI=1S/C6H7NO3/c1-3-5(6(8)9)4(2)10-7-3/h1-2H3,(H,8,9)/p-1. The van der Waals surface area contributed by atoms with Gasteiger partial charge in [-0.15, -0.1) is 0 Å². The van der Waals surface area contributed by atoms with E-state index in [0.29, 0.717) is 5.69 Å². The van der Waals surface area contributed by atoms with Crippen molar-refractivity contribution in [3.63, 3.8) is 0 Å². The van der Waals surface area contributed by atoms with E-state index >= 15 is 0 Å². The van der Waals surface area contributed by atoms with Crippen molar-refractivity contribution in [3.8, 4) is 0 Å². The van der Waals surface area contributed by atoms with Crippen molar-refractivity contribution in [2.45, 2.75) is 13.8 Å². The number of hydrogen-bond donors (Lipinski definition) is 0. The molecule has 0 radical (unpaired) electrons. The van der Waals surface area contributed by atoms with Gasteiger partial charge in [0.2, 0.25) is 0 Å². The molecule has 4 heteroatoms. The van der Waals surface area contributed by atoms with Gasteiger partial charge in [0.15, 0.2) is 0 Å². The van der Waals surface area contributed by atoms with Crippen LogP contribution in [0.2, 0.25) is 0 Å². The van der Waals surface area contributed by atoms with Crippen LogP contribution in [0, 0.1) is 13.8 Å². The molecule has 0 aliphatic rings. The lowest BCUT2D eigenvalue weighted by Crippen LogP contribution is -2.23. The van der Waals surface area contributed by atoms with E-state index in [-0.39, 0.29) is 11.3 Å². The molecule has 0 N–H and O–H groups in total. The van der Waals surface area contributed by atoms with E-state index < -0.39 is 5.97 Å². The summed E-state index contributed by atoms with van der Waals surface area (Å²) in [7, 11) is 0. The van der Waals surface area contributed by atoms with Crippen molar-refractivity contribution >= 4 is 5.97 Å². The number of aromatic nitrogens is 1. The third kappa shape index (κ3) is 0.877. The van der Waals surface area contributed by atoms with E-state index in [1.165, 1.54) is 6.92 Å². The first-order valence-corrected chi connectivity index (χ1v) is 2.77. The lowest BCUT2D eigenvalue weighted by atomic mass is 10.2. The summed E-state index contributed by atoms with van der Waals surface area (Å²) >= 11 is 0. The molecule has 0 aliphatic heterocycles. The Bertz CT molecular complexity index is 244. The van der Waals surface area contributed by atoms with Crippen molar-refractivity contribution in [3.05, 3.63) is 17.0 Å². The molecule has 10 heavy (non-hydrogen) atoms. The van der Waals surface area contributed by atoms with Gasteiger partial charge in [-0.25, -0.2) is 0 Å². The van der Waals surface area contributed by atoms with Crippen molar-refractivity contribution in [2.24, 2.45) is 0 Å². The molecule has 0 aliphatic carbocycles. The molecule has 1 aromatic heterocycles. The first kappa shape index (κ1) is 6.80. The largest absolute Gasteiger partial charge is 0.545 e. The summed E-state index contributed by atoms with van der Waals surface area (Å²) in [5.74, 6) is -0.950. The zero-order valence-corrected chi connectivity index (χ0v) is 5.67. The van der Waals surface area contributed by atoms with Gasteiger partial charge in [0, 0.05) is 0 Å². The van der Waals surface area contributed by atoms with Crippen LogP contribution in [-0.2, 0) is 0 Å². The Kier molecular flexibility index (Phi) is 1.45. The highest BCUT2D eigenvalue weighted by molar-refractivity contribution is 5.87. The highest BCUT2D eigenvalue weighted by Crippen LogP contribution is 2.09. The molecule has 0 saturated carbocycles. The van der Waals surface area contributed by atoms with Crippen LogP contribution in [0.25, 0.3) is 0 Å². The zero-order chi connectivity index (χ0) is 7.72. The Hall–Kier alpha value is -1.32. The highest BCUT2D eigenvalue weighted by atomic mass is 16.5. The summed E-state index contributed by atoms with van der Waals surface area (Å²) in [5, 5.41) is 13.7. The van der Waals surface area contributed by atoms with Crippen molar-refractivity contribution in [2.75, 3.05) is 0 Å². The van der Waals surface area contributed by atoms with Gasteiger partial charge in [0.05, 0.1) is 17.2 Å². The smallest absolute Gasteiger partial charge is 0.142 e. The van der Waals surface area contributed by atoms with E-state index in [9.17, 15) is 9.90 Å². The summed E-state index contributed by atoms with van der Waals surface area (Å²) in [4.78, 5) is 10.3. The van der Waals surface area contributed by atoms with Crippen LogP contribution in [0.15, 0.2) is 4.52 Å². The normalized spacial score (nSPS) is 9.80. The van der Waals surface area contributed by atoms with Gasteiger partial charge in [-0.05, 0) is 13.8 Å². The van der Waals surface area contributed by atoms with Gasteiger partial charge in [0.25, 0.3) is 0 Å². The molecule has 0 saturated heterocycles. The maximum absolute atomic E-state index is 10.3. The van der Waals surface area contributed by atoms with Gasteiger partial charge < -0.3 is 14.4 Å². The number of hydrogen-bond acceptors (Lipinski definition) is 4. The molecule has 0 atom stereocenters. The molecule has 0 spiro atoms. The van der Waals surface area contributed by atoms with Crippen LogP contribution >= 0.6 is 0 Å². The van der Waals surface area contributed by atoms with E-state index in [4.69, 9.17) is 0 Å². The number of carbonyl (C=O) groups excluding carboxylic acids is 1. The fraction of sp³-hybridized carbons (Fsp3) is 0.333. The number of carboxylic acid groups (broad SMARTS) is 1. The van der Waals surface area contributed by atoms with Gasteiger partial charge in [-0.3, -0.25) is 0 Å². The maximum atomic E-state index is 10.3. The van der Waals surface area contributed by atoms with Crippen molar-refractivity contribution in [1.82, 2.24) is 5.16 Å². The summed E-state index contributed by atoms with van der Waals surface area (Å²) in [6.45, 7) is 3.09. The minimum absolute atomic E-state index is 0.0556. The minimum atomic E-state index is -1.24. The summed E-state index contributed by atoms with van der Waals surface area (Å²) in [6, 6.07) is 0. The fourth-order valence-corrected chi connectivity index (χ4v) is 0.774. The molecule has 0 unspecified atom stereocenters. The summed E-state index contributed by atoms with van der Waals surface area (Å²) < 4.78 is 4.59. The van der Waals surface area contributed by atoms with Crippen LogP contribution < -0.4 is 5.11 Å². The van der Waals surface area contributed by atoms with Crippen LogP contribution in [0.3, 0.4) is 0 Å². The molecule has 1 aromatic rings. The highest BCUT2D eigenvalue weighted by Gasteiger charge is 2.08. The van der Waals surface area contributed by atoms with Gasteiger partial charge in [-0.1, -0.05) is 5.16 Å². The Morgan fingerprint density at radius 1 is 1.60 bits per heavy atom. The van der Waals surface area contributed by atoms with Gasteiger partial charge in [0.1, 0.15) is 5.76 Å². The number of aromatic carboxylic acids is 1. The van der Waals surface area contributed by atoms with Crippen LogP contribution in [0.4, 0.5) is 0 Å². The van der Waals surface area contributed by atoms with E-state index in [1.807, 2.05) is 0 Å². The third-order valence-electron chi connectivity index (χ3n) is 1.24. The van der Waals surface area contributed by atoms with Crippen LogP contribution in [0.1, 0.15) is 21.8 Å². The Labute approximate surface area is 57.4 Å². The quantitative estimate of drug-likeness (QED) is 0.535. The van der Waals surface area contributed by atoms with Crippen molar-refractivity contribution in [1.29, 1.82) is 0 Å². The van der Waals surface area contributed by atoms with E-state index in [2.05, 4.69) is 9.68 Å². The number of carbonyl (C=O) groups is 1. The predicted molar refractivity (Wildman–Crippen MR) is 30.3 cm³/mol. The number of nitrogens with zero attached hydrogens (tertiary/aromatic N) is 1. The zero-order valence-electron chi connectivity index (χ0n) is 5.67. The lowest BCUT2D eigenvalue weighted by Gasteiger charge is -1.97. The lowest BCUT2D eigenvalue weighted by molar-refractivity contribution is -0.255. The molecule has 0 fully saturated rings. The average molecular weight is 140 g/mol. The molecular formula is C6H6NO3-. The summed E-state index contributed by atoms with van der Waals surface area (Å²) in [5.41, 5.74) is 0.414. The average Bonchev–Trinajstić information content (AvgIpc) is 2.11. The molecule has 0 amide bonds. The second kappa shape index (κ2) is 2.13. The summed E-state index contributed by atoms with van der Waals surface area (Å²) in [6.07, 6.45) is 0. The Morgan fingerprint density at radius 3 is 2.40 bits per heavy atom. The van der Waals surface area contributed by atoms with Crippen LogP contribution in [-0.4, -0.2) is 11.1 Å². The molecule has 4 nitrogen and oxygen atoms in total. The SMILES string of the molecule is Cc1noc(C)c1C(=O)[O-]. The second-order valence-electron chi connectivity index (χ2n) is 1.99. The molecule has 1 rings (SSSR count). The van der Waals surface area contributed by atoms with Gasteiger partial charge in [-0.2, -0.15) is 0 Å². The van der Waals surface area contributed by atoms with Crippen molar-refractivity contribution < 1.29 is 14.4 Å². The molecule has 0 bridgehead atoms. The monoisotopic (exact) mass is 140 g/mol. The fourth-order valence-electron chi connectivity index (χ4n) is 0.774. The van der Waals surface area contributed by atoms with E-state index in [0.717, 1.165) is 0 Å². The predicted octanol–water partition coefficient (Wildman–Crippen LogP) is -0.345. The molecule has 54 valence electrons. The molecule has 0 aromatic carbocycles. The topological polar surface area (TPSA) is 66.2 Å².